The standard InChI is InChI=1S/C27H26ClF3N2O2/c1-17(26(34)32-10-7-19(8-11-32)20-5-4-6-23(29)13-20)25(28)33-15-22(21-9-12-35-16-21)14-24(18(33)2)27(3,30)31/h5,7,9,12-16H,2,4,6,8,10-11H2,1,3H3/b25-17+. The number of hydrogen-bond donors (Lipinski definition) is 0. The molecule has 0 bridgehead atoms. The molecule has 0 radical (unpaired) electrons. The van der Waals surface area contributed by atoms with E-state index in [-0.39, 0.29) is 33.7 Å². The molecule has 0 aromatic carbocycles. The number of alkyl halides is 2. The molecule has 0 saturated carbocycles. The van der Waals surface area contributed by atoms with E-state index in [0.29, 0.717) is 43.5 Å². The Morgan fingerprint density at radius 1 is 1.20 bits per heavy atom. The van der Waals surface area contributed by atoms with E-state index in [1.807, 2.05) is 12.2 Å². The van der Waals surface area contributed by atoms with Gasteiger partial charge in [-0.2, -0.15) is 0 Å². The molecule has 0 unspecified atom stereocenters. The van der Waals surface area contributed by atoms with Gasteiger partial charge in [-0.3, -0.25) is 4.79 Å². The van der Waals surface area contributed by atoms with Crippen LogP contribution < -0.4 is 0 Å². The van der Waals surface area contributed by atoms with E-state index in [9.17, 15) is 18.0 Å². The summed E-state index contributed by atoms with van der Waals surface area (Å²) in [6.45, 7) is 6.95. The molecule has 0 N–H and O–H groups in total. The Morgan fingerprint density at radius 3 is 2.57 bits per heavy atom. The lowest BCUT2D eigenvalue weighted by Gasteiger charge is -2.33. The Balaban J connectivity index is 1.58. The van der Waals surface area contributed by atoms with E-state index in [2.05, 4.69) is 6.58 Å². The molecule has 1 aliphatic carbocycles. The molecule has 4 nitrogen and oxygen atoms in total. The second kappa shape index (κ2) is 9.82. The normalized spacial score (nSPS) is 19.9. The predicted molar refractivity (Wildman–Crippen MR) is 131 cm³/mol. The van der Waals surface area contributed by atoms with Gasteiger partial charge in [0, 0.05) is 60.6 Å². The van der Waals surface area contributed by atoms with Crippen molar-refractivity contribution in [3.63, 3.8) is 0 Å². The van der Waals surface area contributed by atoms with Crippen LogP contribution in [0.3, 0.4) is 0 Å². The molecule has 3 aliphatic rings. The molecular weight excluding hydrogens is 477 g/mol. The van der Waals surface area contributed by atoms with Gasteiger partial charge in [0.15, 0.2) is 0 Å². The molecule has 0 spiro atoms. The highest BCUT2D eigenvalue weighted by atomic mass is 35.5. The summed E-state index contributed by atoms with van der Waals surface area (Å²) in [4.78, 5) is 16.2. The first kappa shape index (κ1) is 24.9. The zero-order chi connectivity index (χ0) is 25.3. The first-order valence-electron chi connectivity index (χ1n) is 11.3. The smallest absolute Gasteiger partial charge is 0.272 e. The highest BCUT2D eigenvalue weighted by molar-refractivity contribution is 6.31. The van der Waals surface area contributed by atoms with Gasteiger partial charge in [0.2, 0.25) is 0 Å². The highest BCUT2D eigenvalue weighted by Crippen LogP contribution is 2.40. The number of nitrogens with zero attached hydrogens (tertiary/aromatic N) is 2. The Hall–Kier alpha value is -3.19. The monoisotopic (exact) mass is 502 g/mol. The summed E-state index contributed by atoms with van der Waals surface area (Å²) in [6, 6.07) is 1.65. The Morgan fingerprint density at radius 2 is 1.97 bits per heavy atom. The summed E-state index contributed by atoms with van der Waals surface area (Å²) in [6.07, 6.45) is 12.9. The molecule has 1 aromatic rings. The SMILES string of the molecule is C=C1C(C(C)(F)F)=CC(c2ccoc2)=CN1/C(Cl)=C(\C)C(=O)N1CC=C(C2=CCCC(F)=C2)CC1. The maximum atomic E-state index is 14.4. The summed E-state index contributed by atoms with van der Waals surface area (Å²) in [7, 11) is 0. The Bertz CT molecular complexity index is 1230. The van der Waals surface area contributed by atoms with Gasteiger partial charge in [0.1, 0.15) is 11.0 Å². The third-order valence-electron chi connectivity index (χ3n) is 6.27. The number of carbonyl (C=O) groups excluding carboxylic acids is 1. The van der Waals surface area contributed by atoms with E-state index in [4.69, 9.17) is 16.0 Å². The topological polar surface area (TPSA) is 36.7 Å². The van der Waals surface area contributed by atoms with Crippen LogP contribution in [0.1, 0.15) is 38.7 Å². The zero-order valence-corrected chi connectivity index (χ0v) is 20.3. The molecule has 0 saturated heterocycles. The second-order valence-electron chi connectivity index (χ2n) is 8.80. The molecule has 3 heterocycles. The van der Waals surface area contributed by atoms with Gasteiger partial charge >= 0.3 is 0 Å². The first-order chi connectivity index (χ1) is 16.6. The van der Waals surface area contributed by atoms with Crippen molar-refractivity contribution in [3.05, 3.63) is 100 Å². The minimum absolute atomic E-state index is 0.00869. The molecule has 8 heteroatoms. The van der Waals surface area contributed by atoms with Gasteiger partial charge in [0.25, 0.3) is 11.8 Å². The van der Waals surface area contributed by atoms with E-state index < -0.39 is 5.92 Å². The molecular formula is C27H26ClF3N2O2. The quantitative estimate of drug-likeness (QED) is 0.315. The molecule has 0 atom stereocenters. The third kappa shape index (κ3) is 5.25. The minimum Gasteiger partial charge on any atom is -0.472 e. The lowest BCUT2D eigenvalue weighted by atomic mass is 9.94. The molecule has 1 amide bonds. The van der Waals surface area contributed by atoms with Crippen molar-refractivity contribution in [2.45, 2.75) is 39.0 Å². The van der Waals surface area contributed by atoms with Crippen molar-refractivity contribution >= 4 is 23.1 Å². The van der Waals surface area contributed by atoms with Crippen molar-refractivity contribution in [1.82, 2.24) is 9.80 Å². The second-order valence-corrected chi connectivity index (χ2v) is 9.15. The van der Waals surface area contributed by atoms with Gasteiger partial charge in [-0.15, -0.1) is 0 Å². The van der Waals surface area contributed by atoms with Crippen molar-refractivity contribution in [1.29, 1.82) is 0 Å². The Kier molecular flexibility index (Phi) is 6.99. The van der Waals surface area contributed by atoms with E-state index >= 15 is 0 Å². The fourth-order valence-corrected chi connectivity index (χ4v) is 4.51. The van der Waals surface area contributed by atoms with Crippen molar-refractivity contribution in [2.75, 3.05) is 13.1 Å². The maximum absolute atomic E-state index is 14.4. The van der Waals surface area contributed by atoms with Crippen LogP contribution >= 0.6 is 11.6 Å². The van der Waals surface area contributed by atoms with E-state index in [1.165, 1.54) is 23.5 Å². The first-order valence-corrected chi connectivity index (χ1v) is 11.7. The van der Waals surface area contributed by atoms with Crippen LogP contribution in [0.15, 0.2) is 99.1 Å². The van der Waals surface area contributed by atoms with Crippen LogP contribution in [0.25, 0.3) is 5.57 Å². The van der Waals surface area contributed by atoms with E-state index in [1.54, 1.807) is 30.2 Å². The van der Waals surface area contributed by atoms with Gasteiger partial charge in [-0.25, -0.2) is 13.2 Å². The number of amides is 1. The number of halogens is 4. The fourth-order valence-electron chi connectivity index (χ4n) is 4.28. The maximum Gasteiger partial charge on any atom is 0.272 e. The average Bonchev–Trinajstić information content (AvgIpc) is 3.37. The van der Waals surface area contributed by atoms with Gasteiger partial charge < -0.3 is 14.2 Å². The van der Waals surface area contributed by atoms with Crippen molar-refractivity contribution in [2.24, 2.45) is 0 Å². The lowest BCUT2D eigenvalue weighted by Crippen LogP contribution is -2.36. The highest BCUT2D eigenvalue weighted by Gasteiger charge is 2.35. The number of furan rings is 1. The van der Waals surface area contributed by atoms with Gasteiger partial charge in [0.05, 0.1) is 12.5 Å². The fraction of sp³-hybridized carbons (Fsp3) is 0.296. The van der Waals surface area contributed by atoms with Crippen LogP contribution in [0.4, 0.5) is 13.2 Å². The van der Waals surface area contributed by atoms with Crippen LogP contribution in [0.5, 0.6) is 0 Å². The number of hydrogen-bond acceptors (Lipinski definition) is 3. The number of carbonyl (C=O) groups is 1. The molecule has 0 fully saturated rings. The predicted octanol–water partition coefficient (Wildman–Crippen LogP) is 7.23. The van der Waals surface area contributed by atoms with Crippen LogP contribution in [0.2, 0.25) is 0 Å². The molecule has 2 aliphatic heterocycles. The zero-order valence-electron chi connectivity index (χ0n) is 19.6. The average molecular weight is 503 g/mol. The largest absolute Gasteiger partial charge is 0.472 e. The van der Waals surface area contributed by atoms with Crippen molar-refractivity contribution < 1.29 is 22.4 Å². The minimum atomic E-state index is -3.18. The Labute approximate surface area is 207 Å². The van der Waals surface area contributed by atoms with Gasteiger partial charge in [-0.1, -0.05) is 30.3 Å². The summed E-state index contributed by atoms with van der Waals surface area (Å²) in [5.41, 5.74) is 2.81. The van der Waals surface area contributed by atoms with Crippen LogP contribution in [-0.4, -0.2) is 34.7 Å². The van der Waals surface area contributed by atoms with Gasteiger partial charge in [-0.05, 0) is 49.1 Å². The molecule has 184 valence electrons. The van der Waals surface area contributed by atoms with Crippen LogP contribution in [-0.2, 0) is 4.79 Å². The summed E-state index contributed by atoms with van der Waals surface area (Å²) in [5, 5.41) is -0.00869. The lowest BCUT2D eigenvalue weighted by molar-refractivity contribution is -0.126. The van der Waals surface area contributed by atoms with Crippen molar-refractivity contribution in [3.8, 4) is 0 Å². The molecule has 35 heavy (non-hydrogen) atoms. The summed E-state index contributed by atoms with van der Waals surface area (Å²) >= 11 is 6.61. The van der Waals surface area contributed by atoms with Crippen LogP contribution in [0, 0.1) is 0 Å². The summed E-state index contributed by atoms with van der Waals surface area (Å²) in [5.74, 6) is -3.62. The van der Waals surface area contributed by atoms with E-state index in [0.717, 1.165) is 18.1 Å². The molecule has 1 aromatic heterocycles. The summed E-state index contributed by atoms with van der Waals surface area (Å²) < 4.78 is 47.5. The third-order valence-corrected chi connectivity index (χ3v) is 6.73. The number of rotatable bonds is 5. The number of allylic oxidation sites excluding steroid dienone is 7. The molecule has 4 rings (SSSR count).